The van der Waals surface area contributed by atoms with E-state index in [1.165, 1.54) is 0 Å². The van der Waals surface area contributed by atoms with E-state index < -0.39 is 11.1 Å². The van der Waals surface area contributed by atoms with Gasteiger partial charge in [-0.25, -0.2) is 0 Å². The van der Waals surface area contributed by atoms with Crippen LogP contribution in [0.15, 0.2) is 51.8 Å². The number of halogens is 2. The van der Waals surface area contributed by atoms with Gasteiger partial charge < -0.3 is 9.64 Å². The number of thioether (sulfide) groups is 1. The highest BCUT2D eigenvalue weighted by atomic mass is 79.9. The van der Waals surface area contributed by atoms with Gasteiger partial charge in [-0.3, -0.25) is 19.3 Å². The number of ether oxygens (including phenoxy) is 1. The molecule has 2 saturated heterocycles. The summed E-state index contributed by atoms with van der Waals surface area (Å²) in [5.41, 5.74) is 1.48. The van der Waals surface area contributed by atoms with Crippen LogP contribution < -0.4 is 4.74 Å². The summed E-state index contributed by atoms with van der Waals surface area (Å²) in [7, 11) is 0. The van der Waals surface area contributed by atoms with Crippen LogP contribution in [0.5, 0.6) is 5.75 Å². The molecule has 178 valence electrons. The zero-order chi connectivity index (χ0) is 24.2. The van der Waals surface area contributed by atoms with E-state index in [-0.39, 0.29) is 24.0 Å². The highest BCUT2D eigenvalue weighted by Gasteiger charge is 2.37. The predicted molar refractivity (Wildman–Crippen MR) is 138 cm³/mol. The van der Waals surface area contributed by atoms with Crippen molar-refractivity contribution in [2.45, 2.75) is 26.4 Å². The van der Waals surface area contributed by atoms with E-state index in [9.17, 15) is 14.4 Å². The first kappa shape index (κ1) is 24.8. The molecule has 9 heteroatoms. The Morgan fingerprint density at radius 3 is 2.68 bits per heavy atom. The van der Waals surface area contributed by atoms with Crippen molar-refractivity contribution in [2.75, 3.05) is 19.6 Å². The summed E-state index contributed by atoms with van der Waals surface area (Å²) < 4.78 is 6.78. The lowest BCUT2D eigenvalue weighted by atomic mass is 9.99. The molecule has 2 aliphatic rings. The fraction of sp³-hybridized carbons (Fsp3) is 0.320. The Morgan fingerprint density at radius 1 is 1.21 bits per heavy atom. The first-order valence-electron chi connectivity index (χ1n) is 11.0. The average Bonchev–Trinajstić information content (AvgIpc) is 3.07. The normalized spacial score (nSPS) is 18.1. The molecule has 2 heterocycles. The lowest BCUT2D eigenvalue weighted by Crippen LogP contribution is -2.45. The van der Waals surface area contributed by atoms with Crippen LogP contribution in [0.25, 0.3) is 6.08 Å². The van der Waals surface area contributed by atoms with E-state index in [1.807, 2.05) is 30.3 Å². The van der Waals surface area contributed by atoms with E-state index in [4.69, 9.17) is 16.3 Å². The Balaban J connectivity index is 1.48. The van der Waals surface area contributed by atoms with Gasteiger partial charge in [-0.1, -0.05) is 52.7 Å². The van der Waals surface area contributed by atoms with Crippen molar-refractivity contribution in [1.82, 2.24) is 9.80 Å². The molecule has 0 aliphatic carbocycles. The largest absolute Gasteiger partial charge is 0.488 e. The highest BCUT2D eigenvalue weighted by molar-refractivity contribution is 9.10. The zero-order valence-electron chi connectivity index (χ0n) is 18.6. The number of amides is 3. The van der Waals surface area contributed by atoms with Gasteiger partial charge in [-0.2, -0.15) is 0 Å². The van der Waals surface area contributed by atoms with E-state index in [0.717, 1.165) is 39.5 Å². The molecule has 2 fully saturated rings. The third-order valence-corrected chi connectivity index (χ3v) is 7.67. The van der Waals surface area contributed by atoms with Crippen molar-refractivity contribution in [3.8, 4) is 5.75 Å². The number of benzene rings is 2. The van der Waals surface area contributed by atoms with Gasteiger partial charge in [0.1, 0.15) is 18.9 Å². The molecule has 0 atom stereocenters. The van der Waals surface area contributed by atoms with E-state index in [0.29, 0.717) is 35.3 Å². The van der Waals surface area contributed by atoms with E-state index in [2.05, 4.69) is 22.9 Å². The molecule has 3 amide bonds. The number of rotatable bonds is 6. The van der Waals surface area contributed by atoms with Gasteiger partial charge >= 0.3 is 0 Å². The summed E-state index contributed by atoms with van der Waals surface area (Å²) in [5, 5.41) is 0.165. The molecule has 0 N–H and O–H groups in total. The third-order valence-electron chi connectivity index (χ3n) is 5.90. The van der Waals surface area contributed by atoms with Crippen LogP contribution in [0.3, 0.4) is 0 Å². The molecule has 2 aromatic carbocycles. The maximum Gasteiger partial charge on any atom is 0.294 e. The zero-order valence-corrected chi connectivity index (χ0v) is 21.8. The van der Waals surface area contributed by atoms with Gasteiger partial charge in [-0.05, 0) is 60.9 Å². The van der Waals surface area contributed by atoms with Gasteiger partial charge in [0.15, 0.2) is 0 Å². The number of likely N-dealkylation sites (tertiary alicyclic amines) is 1. The highest BCUT2D eigenvalue weighted by Crippen LogP contribution is 2.35. The number of hydrogen-bond donors (Lipinski definition) is 0. The van der Waals surface area contributed by atoms with Gasteiger partial charge in [0.05, 0.1) is 4.91 Å². The molecular formula is C25H24BrClN2O4S. The first-order valence-corrected chi connectivity index (χ1v) is 13.0. The molecule has 0 spiro atoms. The van der Waals surface area contributed by atoms with Crippen molar-refractivity contribution in [1.29, 1.82) is 0 Å². The predicted octanol–water partition coefficient (Wildman–Crippen LogP) is 5.98. The van der Waals surface area contributed by atoms with Crippen LogP contribution in [-0.4, -0.2) is 46.5 Å². The van der Waals surface area contributed by atoms with Gasteiger partial charge in [0, 0.05) is 33.7 Å². The fourth-order valence-corrected chi connectivity index (χ4v) is 5.20. The quantitative estimate of drug-likeness (QED) is 0.405. The molecule has 34 heavy (non-hydrogen) atoms. The number of carbonyl (C=O) groups excluding carboxylic acids is 3. The van der Waals surface area contributed by atoms with Crippen molar-refractivity contribution >= 4 is 62.4 Å². The van der Waals surface area contributed by atoms with Crippen molar-refractivity contribution in [3.05, 3.63) is 68.0 Å². The Morgan fingerprint density at radius 2 is 1.94 bits per heavy atom. The number of imide groups is 1. The SMILES string of the molecule is CC1CCN(C(=O)CN2C(=O)S/C(=C/c3cc(Br)ccc3OCc3ccccc3Cl)C2=O)CC1. The number of carbonyl (C=O) groups is 3. The lowest BCUT2D eigenvalue weighted by Gasteiger charge is -2.31. The van der Waals surface area contributed by atoms with Crippen molar-refractivity contribution < 1.29 is 19.1 Å². The van der Waals surface area contributed by atoms with Gasteiger partial charge in [0.2, 0.25) is 5.91 Å². The molecule has 0 bridgehead atoms. The summed E-state index contributed by atoms with van der Waals surface area (Å²) in [6.45, 7) is 3.52. The molecular weight excluding hydrogens is 540 g/mol. The lowest BCUT2D eigenvalue weighted by molar-refractivity contribution is -0.136. The summed E-state index contributed by atoms with van der Waals surface area (Å²) in [6.07, 6.45) is 3.51. The van der Waals surface area contributed by atoms with E-state index in [1.54, 1.807) is 23.1 Å². The Hall–Kier alpha value is -2.29. The summed E-state index contributed by atoms with van der Waals surface area (Å²) >= 11 is 10.5. The summed E-state index contributed by atoms with van der Waals surface area (Å²) in [4.78, 5) is 41.2. The Bertz CT molecular complexity index is 1150. The topological polar surface area (TPSA) is 66.9 Å². The number of hydrogen-bond acceptors (Lipinski definition) is 5. The maximum absolute atomic E-state index is 13.0. The Labute approximate surface area is 216 Å². The van der Waals surface area contributed by atoms with Crippen LogP contribution in [-0.2, 0) is 16.2 Å². The molecule has 4 rings (SSSR count). The van der Waals surface area contributed by atoms with Crippen LogP contribution in [0.1, 0.15) is 30.9 Å². The molecule has 2 aromatic rings. The second-order valence-electron chi connectivity index (χ2n) is 8.39. The minimum Gasteiger partial charge on any atom is -0.488 e. The second-order valence-corrected chi connectivity index (χ2v) is 10.7. The minimum atomic E-state index is -0.467. The molecule has 0 unspecified atom stereocenters. The number of piperidine rings is 1. The smallest absolute Gasteiger partial charge is 0.294 e. The average molecular weight is 564 g/mol. The van der Waals surface area contributed by atoms with Crippen LogP contribution >= 0.6 is 39.3 Å². The van der Waals surface area contributed by atoms with Crippen LogP contribution in [0, 0.1) is 5.92 Å². The third kappa shape index (κ3) is 5.85. The first-order chi connectivity index (χ1) is 16.3. The van der Waals surface area contributed by atoms with E-state index >= 15 is 0 Å². The second kappa shape index (κ2) is 11.0. The van der Waals surface area contributed by atoms with Crippen molar-refractivity contribution in [2.24, 2.45) is 5.92 Å². The monoisotopic (exact) mass is 562 g/mol. The molecule has 6 nitrogen and oxygen atoms in total. The maximum atomic E-state index is 13.0. The summed E-state index contributed by atoms with van der Waals surface area (Å²) in [6, 6.07) is 12.9. The fourth-order valence-electron chi connectivity index (χ4n) is 3.81. The molecule has 0 aromatic heterocycles. The van der Waals surface area contributed by atoms with Crippen LogP contribution in [0.4, 0.5) is 4.79 Å². The Kier molecular flexibility index (Phi) is 8.01. The van der Waals surface area contributed by atoms with Gasteiger partial charge in [0.25, 0.3) is 11.1 Å². The van der Waals surface area contributed by atoms with Gasteiger partial charge in [-0.15, -0.1) is 0 Å². The summed E-state index contributed by atoms with van der Waals surface area (Å²) in [5.74, 6) is 0.476. The molecule has 2 aliphatic heterocycles. The minimum absolute atomic E-state index is 0.193. The number of nitrogens with zero attached hydrogens (tertiary/aromatic N) is 2. The van der Waals surface area contributed by atoms with Crippen LogP contribution in [0.2, 0.25) is 5.02 Å². The molecule has 0 radical (unpaired) electrons. The standard InChI is InChI=1S/C25H24BrClN2O4S/c1-16-8-10-28(11-9-16)23(30)14-29-24(31)22(34-25(29)32)13-18-12-19(26)6-7-21(18)33-15-17-4-2-3-5-20(17)27/h2-7,12-13,16H,8-11,14-15H2,1H3/b22-13+. The van der Waals surface area contributed by atoms with Crippen molar-refractivity contribution in [3.63, 3.8) is 0 Å². The molecule has 0 saturated carbocycles.